The van der Waals surface area contributed by atoms with Crippen molar-refractivity contribution in [2.45, 2.75) is 6.92 Å². The topological polar surface area (TPSA) is 42.0 Å². The van der Waals surface area contributed by atoms with Gasteiger partial charge in [0.05, 0.1) is 15.7 Å². The van der Waals surface area contributed by atoms with Gasteiger partial charge in [-0.05, 0) is 25.1 Å². The largest absolute Gasteiger partial charge is 0.319 e. The molecule has 17 heavy (non-hydrogen) atoms. The molecule has 0 saturated carbocycles. The molecule has 0 unspecified atom stereocenters. The molecular weight excluding hydrogens is 324 g/mol. The Morgan fingerprint density at radius 2 is 2.29 bits per heavy atom. The molecule has 2 aromatic rings. The molecule has 1 N–H and O–H groups in total. The molecule has 1 aromatic heterocycles. The van der Waals surface area contributed by atoms with Crippen LogP contribution in [0.3, 0.4) is 0 Å². The van der Waals surface area contributed by atoms with E-state index in [2.05, 4.69) is 26.2 Å². The standard InChI is InChI=1S/C11H8BrClN2OS/c1-6-14-10(5-17-6)11(16)15-9-4-7(12)2-3-8(9)13/h2-5H,1H3,(H,15,16). The van der Waals surface area contributed by atoms with Gasteiger partial charge in [-0.3, -0.25) is 4.79 Å². The molecule has 0 bridgehead atoms. The summed E-state index contributed by atoms with van der Waals surface area (Å²) in [5, 5.41) is 5.79. The van der Waals surface area contributed by atoms with Crippen LogP contribution in [0.5, 0.6) is 0 Å². The summed E-state index contributed by atoms with van der Waals surface area (Å²) in [6.45, 7) is 1.85. The van der Waals surface area contributed by atoms with Gasteiger partial charge in [-0.25, -0.2) is 4.98 Å². The minimum absolute atomic E-state index is 0.255. The third-order valence-corrected chi connectivity index (χ3v) is 3.62. The van der Waals surface area contributed by atoms with Crippen molar-refractivity contribution in [3.8, 4) is 0 Å². The molecular formula is C11H8BrClN2OS. The lowest BCUT2D eigenvalue weighted by molar-refractivity contribution is 0.102. The third-order valence-electron chi connectivity index (χ3n) is 2.03. The van der Waals surface area contributed by atoms with Crippen LogP contribution in [0.15, 0.2) is 28.1 Å². The normalized spacial score (nSPS) is 10.3. The number of amides is 1. The van der Waals surface area contributed by atoms with Gasteiger partial charge in [0, 0.05) is 9.85 Å². The molecule has 1 amide bonds. The SMILES string of the molecule is Cc1nc(C(=O)Nc2cc(Br)ccc2Cl)cs1. The molecule has 0 fully saturated rings. The van der Waals surface area contributed by atoms with E-state index >= 15 is 0 Å². The molecule has 2 rings (SSSR count). The predicted molar refractivity (Wildman–Crippen MR) is 74.0 cm³/mol. The Morgan fingerprint density at radius 1 is 1.53 bits per heavy atom. The zero-order valence-corrected chi connectivity index (χ0v) is 12.0. The lowest BCUT2D eigenvalue weighted by Crippen LogP contribution is -2.12. The molecule has 0 aliphatic rings. The highest BCUT2D eigenvalue weighted by Crippen LogP contribution is 2.26. The Bertz CT molecular complexity index is 570. The number of aromatic nitrogens is 1. The first-order valence-corrected chi connectivity index (χ1v) is 6.80. The number of rotatable bonds is 2. The highest BCUT2D eigenvalue weighted by molar-refractivity contribution is 9.10. The molecule has 0 atom stereocenters. The smallest absolute Gasteiger partial charge is 0.275 e. The van der Waals surface area contributed by atoms with E-state index in [-0.39, 0.29) is 5.91 Å². The molecule has 3 nitrogen and oxygen atoms in total. The summed E-state index contributed by atoms with van der Waals surface area (Å²) < 4.78 is 0.853. The third kappa shape index (κ3) is 3.06. The van der Waals surface area contributed by atoms with E-state index in [0.717, 1.165) is 9.48 Å². The second-order valence-corrected chi connectivity index (χ2v) is 5.72. The fourth-order valence-electron chi connectivity index (χ4n) is 1.25. The number of hydrogen-bond donors (Lipinski definition) is 1. The van der Waals surface area contributed by atoms with Crippen molar-refractivity contribution in [2.24, 2.45) is 0 Å². The Hall–Kier alpha value is -0.910. The Labute approximate surface area is 116 Å². The van der Waals surface area contributed by atoms with Crippen LogP contribution in [0.1, 0.15) is 15.5 Å². The van der Waals surface area contributed by atoms with Crippen LogP contribution < -0.4 is 5.32 Å². The van der Waals surface area contributed by atoms with Crippen LogP contribution in [0.2, 0.25) is 5.02 Å². The summed E-state index contributed by atoms with van der Waals surface area (Å²) in [5.74, 6) is -0.255. The molecule has 1 heterocycles. The number of anilines is 1. The first-order chi connectivity index (χ1) is 8.06. The number of halogens is 2. The fourth-order valence-corrected chi connectivity index (χ4v) is 2.37. The monoisotopic (exact) mass is 330 g/mol. The van der Waals surface area contributed by atoms with Crippen molar-refractivity contribution in [3.05, 3.63) is 43.8 Å². The van der Waals surface area contributed by atoms with E-state index in [1.165, 1.54) is 11.3 Å². The first-order valence-electron chi connectivity index (χ1n) is 4.75. The van der Waals surface area contributed by atoms with Crippen molar-refractivity contribution in [2.75, 3.05) is 5.32 Å². The van der Waals surface area contributed by atoms with Crippen LogP contribution in [0, 0.1) is 6.92 Å². The number of carbonyl (C=O) groups is 1. The highest BCUT2D eigenvalue weighted by atomic mass is 79.9. The fraction of sp³-hybridized carbons (Fsp3) is 0.0909. The summed E-state index contributed by atoms with van der Waals surface area (Å²) in [4.78, 5) is 16.0. The summed E-state index contributed by atoms with van der Waals surface area (Å²) in [5.41, 5.74) is 0.972. The number of nitrogens with one attached hydrogen (secondary N) is 1. The number of nitrogens with zero attached hydrogens (tertiary/aromatic N) is 1. The van der Waals surface area contributed by atoms with Crippen LogP contribution in [-0.2, 0) is 0 Å². The number of aryl methyl sites for hydroxylation is 1. The lowest BCUT2D eigenvalue weighted by Gasteiger charge is -2.05. The second kappa shape index (κ2) is 5.16. The minimum atomic E-state index is -0.255. The van der Waals surface area contributed by atoms with Gasteiger partial charge in [0.25, 0.3) is 5.91 Å². The van der Waals surface area contributed by atoms with Crippen molar-refractivity contribution in [1.82, 2.24) is 4.98 Å². The summed E-state index contributed by atoms with van der Waals surface area (Å²) >= 11 is 10.7. The van der Waals surface area contributed by atoms with E-state index in [1.807, 2.05) is 13.0 Å². The Kier molecular flexibility index (Phi) is 3.81. The first kappa shape index (κ1) is 12.5. The molecule has 0 radical (unpaired) electrons. The minimum Gasteiger partial charge on any atom is -0.319 e. The molecule has 0 aliphatic carbocycles. The molecule has 6 heteroatoms. The van der Waals surface area contributed by atoms with E-state index < -0.39 is 0 Å². The zero-order chi connectivity index (χ0) is 12.4. The maximum Gasteiger partial charge on any atom is 0.275 e. The van der Waals surface area contributed by atoms with Gasteiger partial charge < -0.3 is 5.32 Å². The maximum atomic E-state index is 11.9. The number of hydrogen-bond acceptors (Lipinski definition) is 3. The average molecular weight is 332 g/mol. The van der Waals surface area contributed by atoms with Gasteiger partial charge in [-0.15, -0.1) is 11.3 Å². The van der Waals surface area contributed by atoms with E-state index in [9.17, 15) is 4.79 Å². The van der Waals surface area contributed by atoms with Gasteiger partial charge in [-0.2, -0.15) is 0 Å². The number of thiazole rings is 1. The molecule has 0 aliphatic heterocycles. The van der Waals surface area contributed by atoms with Gasteiger partial charge in [-0.1, -0.05) is 27.5 Å². The van der Waals surface area contributed by atoms with Gasteiger partial charge in [0.1, 0.15) is 5.69 Å². The van der Waals surface area contributed by atoms with E-state index in [1.54, 1.807) is 17.5 Å². The van der Waals surface area contributed by atoms with Crippen molar-refractivity contribution < 1.29 is 4.79 Å². The Balaban J connectivity index is 2.21. The average Bonchev–Trinajstić information content (AvgIpc) is 2.70. The molecule has 88 valence electrons. The van der Waals surface area contributed by atoms with Crippen LogP contribution >= 0.6 is 38.9 Å². The van der Waals surface area contributed by atoms with Crippen LogP contribution in [-0.4, -0.2) is 10.9 Å². The zero-order valence-electron chi connectivity index (χ0n) is 8.83. The van der Waals surface area contributed by atoms with Crippen LogP contribution in [0.4, 0.5) is 5.69 Å². The quantitative estimate of drug-likeness (QED) is 0.899. The lowest BCUT2D eigenvalue weighted by atomic mass is 10.3. The Morgan fingerprint density at radius 3 is 2.94 bits per heavy atom. The van der Waals surface area contributed by atoms with E-state index in [4.69, 9.17) is 11.6 Å². The molecule has 0 spiro atoms. The highest BCUT2D eigenvalue weighted by Gasteiger charge is 2.11. The van der Waals surface area contributed by atoms with Crippen LogP contribution in [0.25, 0.3) is 0 Å². The molecule has 1 aromatic carbocycles. The molecule has 0 saturated heterocycles. The predicted octanol–water partition coefficient (Wildman–Crippen LogP) is 4.12. The van der Waals surface area contributed by atoms with Crippen molar-refractivity contribution in [1.29, 1.82) is 0 Å². The second-order valence-electron chi connectivity index (χ2n) is 3.33. The van der Waals surface area contributed by atoms with Gasteiger partial charge >= 0.3 is 0 Å². The van der Waals surface area contributed by atoms with Gasteiger partial charge in [0.2, 0.25) is 0 Å². The summed E-state index contributed by atoms with van der Waals surface area (Å²) in [6, 6.07) is 5.28. The number of benzene rings is 1. The van der Waals surface area contributed by atoms with E-state index in [0.29, 0.717) is 16.4 Å². The van der Waals surface area contributed by atoms with Gasteiger partial charge in [0.15, 0.2) is 0 Å². The summed E-state index contributed by atoms with van der Waals surface area (Å²) in [6.07, 6.45) is 0. The number of carbonyl (C=O) groups excluding carboxylic acids is 1. The van der Waals surface area contributed by atoms with Crippen molar-refractivity contribution in [3.63, 3.8) is 0 Å². The van der Waals surface area contributed by atoms with Crippen molar-refractivity contribution >= 4 is 50.5 Å². The maximum absolute atomic E-state index is 11.9. The summed E-state index contributed by atoms with van der Waals surface area (Å²) in [7, 11) is 0.